The molecule has 0 fully saturated rings. The minimum Gasteiger partial charge on any atom is -0.396 e. The van der Waals surface area contributed by atoms with Crippen molar-refractivity contribution in [1.82, 2.24) is 4.98 Å². The molecule has 2 nitrogen and oxygen atoms in total. The second kappa shape index (κ2) is 10.5. The molecule has 3 rings (SSSR count). The summed E-state index contributed by atoms with van der Waals surface area (Å²) in [6.45, 7) is 13.2. The fourth-order valence-electron chi connectivity index (χ4n) is 4.03. The monoisotopic (exact) mass is 433 g/mol. The molecule has 1 aromatic heterocycles. The van der Waals surface area contributed by atoms with Gasteiger partial charge in [-0.3, -0.25) is 4.98 Å². The third-order valence-corrected chi connectivity index (χ3v) is 6.70. The number of aliphatic hydroxyl groups is 1. The maximum Gasteiger partial charge on any atom is 0.0479 e. The van der Waals surface area contributed by atoms with Gasteiger partial charge in [0.2, 0.25) is 0 Å². The van der Waals surface area contributed by atoms with Gasteiger partial charge in [-0.25, -0.2) is 0 Å². The highest BCUT2D eigenvalue weighted by Gasteiger charge is 2.23. The van der Waals surface area contributed by atoms with Gasteiger partial charge >= 0.3 is 0 Å². The van der Waals surface area contributed by atoms with Gasteiger partial charge in [0.25, 0.3) is 0 Å². The summed E-state index contributed by atoms with van der Waals surface area (Å²) in [4.78, 5) is 6.47. The van der Waals surface area contributed by atoms with E-state index in [-0.39, 0.29) is 6.61 Å². The molecule has 0 amide bonds. The highest BCUT2D eigenvalue weighted by atomic mass is 32.2. The maximum absolute atomic E-state index is 9.91. The number of nitrogens with zero attached hydrogens (tertiary/aromatic N) is 1. The highest BCUT2D eigenvalue weighted by Crippen LogP contribution is 2.39. The summed E-state index contributed by atoms with van der Waals surface area (Å²) in [7, 11) is 0. The molecule has 0 unspecified atom stereocenters. The summed E-state index contributed by atoms with van der Waals surface area (Å²) in [6, 6.07) is 17.5. The summed E-state index contributed by atoms with van der Waals surface area (Å²) < 4.78 is 0. The molecule has 3 aromatic rings. The van der Waals surface area contributed by atoms with Crippen molar-refractivity contribution in [3.63, 3.8) is 0 Å². The van der Waals surface area contributed by atoms with Crippen molar-refractivity contribution in [2.24, 2.45) is 0 Å². The van der Waals surface area contributed by atoms with Crippen molar-refractivity contribution in [1.29, 1.82) is 0 Å². The molecule has 164 valence electrons. The van der Waals surface area contributed by atoms with Crippen LogP contribution in [0.15, 0.2) is 53.4 Å². The lowest BCUT2D eigenvalue weighted by Gasteiger charge is -2.25. The molecule has 0 saturated heterocycles. The van der Waals surface area contributed by atoms with E-state index in [1.807, 2.05) is 11.8 Å². The number of aliphatic hydroxyl groups excluding tert-OH is 1. The molecule has 2 aromatic carbocycles. The Labute approximate surface area is 192 Å². The predicted octanol–water partition coefficient (Wildman–Crippen LogP) is 7.44. The molecule has 0 bridgehead atoms. The van der Waals surface area contributed by atoms with Crippen molar-refractivity contribution in [3.8, 4) is 11.1 Å². The third-order valence-electron chi connectivity index (χ3n) is 5.66. The molecule has 0 spiro atoms. The first kappa shape index (κ1) is 23.6. The summed E-state index contributed by atoms with van der Waals surface area (Å²) in [6.07, 6.45) is 0.629. The van der Waals surface area contributed by atoms with Gasteiger partial charge in [-0.1, -0.05) is 75.2 Å². The Bertz CT molecular complexity index is 1000. The fraction of sp³-hybridized carbons (Fsp3) is 0.393. The first-order valence-electron chi connectivity index (χ1n) is 11.2. The summed E-state index contributed by atoms with van der Waals surface area (Å²) in [5.74, 6) is 1.50. The predicted molar refractivity (Wildman–Crippen MR) is 134 cm³/mol. The number of benzene rings is 2. The minimum absolute atomic E-state index is 0.131. The first-order chi connectivity index (χ1) is 14.8. The van der Waals surface area contributed by atoms with Crippen molar-refractivity contribution >= 4 is 11.8 Å². The lowest BCUT2D eigenvalue weighted by atomic mass is 9.86. The van der Waals surface area contributed by atoms with E-state index in [0.717, 1.165) is 11.4 Å². The lowest BCUT2D eigenvalue weighted by molar-refractivity contribution is 0.299. The summed E-state index contributed by atoms with van der Waals surface area (Å²) >= 11 is 1.86. The average molecular weight is 434 g/mol. The van der Waals surface area contributed by atoms with Crippen LogP contribution in [0.2, 0.25) is 0 Å². The van der Waals surface area contributed by atoms with Crippen molar-refractivity contribution in [2.75, 3.05) is 6.61 Å². The van der Waals surface area contributed by atoms with Crippen LogP contribution in [0.5, 0.6) is 0 Å². The number of thioether (sulfide) groups is 1. The molecule has 31 heavy (non-hydrogen) atoms. The Morgan fingerprint density at radius 1 is 0.774 bits per heavy atom. The molecular formula is C28H35NOS. The zero-order valence-electron chi connectivity index (χ0n) is 19.7. The summed E-state index contributed by atoms with van der Waals surface area (Å²) in [5, 5.41) is 9.91. The largest absolute Gasteiger partial charge is 0.396 e. The number of rotatable bonds is 8. The van der Waals surface area contributed by atoms with E-state index in [1.165, 1.54) is 44.0 Å². The van der Waals surface area contributed by atoms with Crippen LogP contribution in [-0.4, -0.2) is 16.7 Å². The minimum atomic E-state index is 0.131. The van der Waals surface area contributed by atoms with Gasteiger partial charge in [0, 0.05) is 28.6 Å². The van der Waals surface area contributed by atoms with E-state index in [4.69, 9.17) is 4.98 Å². The second-order valence-corrected chi connectivity index (χ2v) is 10.0. The number of aryl methyl sites for hydroxylation is 2. The Morgan fingerprint density at radius 3 is 1.81 bits per heavy atom. The standard InChI is InChI=1S/C28H35NOS/c1-18(2)27-24(15-16-30)26(22-11-7-20(5)8-12-22)25(28(29-27)19(3)4)17-31-23-13-9-21(6)10-14-23/h7-14,18-19,30H,15-17H2,1-6H3. The second-order valence-electron chi connectivity index (χ2n) is 8.97. The Morgan fingerprint density at radius 2 is 1.29 bits per heavy atom. The molecule has 1 heterocycles. The van der Waals surface area contributed by atoms with Crippen molar-refractivity contribution < 1.29 is 5.11 Å². The van der Waals surface area contributed by atoms with E-state index in [9.17, 15) is 5.11 Å². The van der Waals surface area contributed by atoms with E-state index in [1.54, 1.807) is 0 Å². The molecular weight excluding hydrogens is 398 g/mol. The van der Waals surface area contributed by atoms with Gasteiger partial charge in [0.1, 0.15) is 0 Å². The van der Waals surface area contributed by atoms with Gasteiger partial charge in [0.15, 0.2) is 0 Å². The van der Waals surface area contributed by atoms with E-state index in [0.29, 0.717) is 18.3 Å². The van der Waals surface area contributed by atoms with Gasteiger partial charge in [-0.2, -0.15) is 0 Å². The highest BCUT2D eigenvalue weighted by molar-refractivity contribution is 7.98. The number of aromatic nitrogens is 1. The molecule has 3 heteroatoms. The molecule has 0 radical (unpaired) electrons. The lowest BCUT2D eigenvalue weighted by Crippen LogP contribution is -2.13. The van der Waals surface area contributed by atoms with Gasteiger partial charge in [0.05, 0.1) is 0 Å². The van der Waals surface area contributed by atoms with Crippen LogP contribution in [0.4, 0.5) is 0 Å². The van der Waals surface area contributed by atoms with Crippen LogP contribution in [0.1, 0.15) is 73.2 Å². The number of hydrogen-bond donors (Lipinski definition) is 1. The van der Waals surface area contributed by atoms with E-state index < -0.39 is 0 Å². The molecule has 1 N–H and O–H groups in total. The van der Waals surface area contributed by atoms with Crippen LogP contribution < -0.4 is 0 Å². The number of pyridine rings is 1. The van der Waals surface area contributed by atoms with Crippen LogP contribution >= 0.6 is 11.8 Å². The Kier molecular flexibility index (Phi) is 7.96. The van der Waals surface area contributed by atoms with Crippen LogP contribution in [-0.2, 0) is 12.2 Å². The van der Waals surface area contributed by atoms with Crippen molar-refractivity contribution in [3.05, 3.63) is 82.2 Å². The molecule has 0 aliphatic carbocycles. The SMILES string of the molecule is Cc1ccc(SCc2c(C(C)C)nc(C(C)C)c(CCO)c2-c2ccc(C)cc2)cc1. The molecule has 0 saturated carbocycles. The van der Waals surface area contributed by atoms with Gasteiger partial charge in [-0.15, -0.1) is 11.8 Å². The topological polar surface area (TPSA) is 33.1 Å². The van der Waals surface area contributed by atoms with E-state index >= 15 is 0 Å². The molecule has 0 aliphatic rings. The quantitative estimate of drug-likeness (QED) is 0.375. The smallest absolute Gasteiger partial charge is 0.0479 e. The maximum atomic E-state index is 9.91. The molecule has 0 aliphatic heterocycles. The van der Waals surface area contributed by atoms with Crippen LogP contribution in [0, 0.1) is 13.8 Å². The third kappa shape index (κ3) is 5.58. The normalized spacial score (nSPS) is 11.5. The summed E-state index contributed by atoms with van der Waals surface area (Å²) in [5.41, 5.74) is 9.84. The fourth-order valence-corrected chi connectivity index (χ4v) is 4.96. The van der Waals surface area contributed by atoms with Gasteiger partial charge in [-0.05, 0) is 66.5 Å². The van der Waals surface area contributed by atoms with Gasteiger partial charge < -0.3 is 5.11 Å². The molecule has 0 atom stereocenters. The van der Waals surface area contributed by atoms with E-state index in [2.05, 4.69) is 90.1 Å². The van der Waals surface area contributed by atoms with Crippen LogP contribution in [0.3, 0.4) is 0 Å². The zero-order valence-corrected chi connectivity index (χ0v) is 20.5. The number of hydrogen-bond acceptors (Lipinski definition) is 3. The Balaban J connectivity index is 2.22. The zero-order chi connectivity index (χ0) is 22.5. The van der Waals surface area contributed by atoms with Crippen LogP contribution in [0.25, 0.3) is 11.1 Å². The van der Waals surface area contributed by atoms with Crippen molar-refractivity contribution in [2.45, 2.75) is 70.4 Å². The first-order valence-corrected chi connectivity index (χ1v) is 12.2. The Hall–Kier alpha value is -2.10. The average Bonchev–Trinajstić information content (AvgIpc) is 2.73.